The van der Waals surface area contributed by atoms with Gasteiger partial charge in [-0.1, -0.05) is 44.4 Å². The normalized spacial score (nSPS) is 10.7. The van der Waals surface area contributed by atoms with Gasteiger partial charge in [0, 0.05) is 11.9 Å². The van der Waals surface area contributed by atoms with E-state index in [1.54, 1.807) is 12.1 Å². The minimum Gasteiger partial charge on any atom is -0.478 e. The number of nitrogens with one attached hydrogen (secondary N) is 1. The zero-order valence-corrected chi connectivity index (χ0v) is 11.7. The molecule has 20 heavy (non-hydrogen) atoms. The molecule has 0 aliphatic rings. The van der Waals surface area contributed by atoms with Crippen LogP contribution in [0.2, 0.25) is 0 Å². The predicted octanol–water partition coefficient (Wildman–Crippen LogP) is 3.93. The Bertz CT molecular complexity index is 596. The molecule has 0 aliphatic heterocycles. The molecule has 106 valence electrons. The Hall–Kier alpha value is -2.10. The smallest absolute Gasteiger partial charge is 0.336 e. The molecule has 0 saturated carbocycles. The lowest BCUT2D eigenvalue weighted by Crippen LogP contribution is -2.06. The van der Waals surface area contributed by atoms with Gasteiger partial charge in [0.1, 0.15) is 5.82 Å². The van der Waals surface area contributed by atoms with E-state index in [0.717, 1.165) is 13.0 Å². The zero-order valence-electron chi connectivity index (χ0n) is 11.7. The number of carboxylic acids is 1. The van der Waals surface area contributed by atoms with Crippen molar-refractivity contribution in [3.8, 4) is 0 Å². The molecule has 2 rings (SSSR count). The monoisotopic (exact) mass is 272 g/mol. The first-order chi connectivity index (χ1) is 9.72. The molecule has 4 nitrogen and oxygen atoms in total. The quantitative estimate of drug-likeness (QED) is 0.750. The Kier molecular flexibility index (Phi) is 4.93. The van der Waals surface area contributed by atoms with E-state index in [1.165, 1.54) is 19.3 Å². The topological polar surface area (TPSA) is 62.2 Å². The molecule has 0 saturated heterocycles. The van der Waals surface area contributed by atoms with Gasteiger partial charge in [-0.15, -0.1) is 0 Å². The first kappa shape index (κ1) is 14.3. The van der Waals surface area contributed by atoms with E-state index in [-0.39, 0.29) is 0 Å². The maximum Gasteiger partial charge on any atom is 0.336 e. The summed E-state index contributed by atoms with van der Waals surface area (Å²) in [7, 11) is 0. The van der Waals surface area contributed by atoms with E-state index in [2.05, 4.69) is 17.2 Å². The van der Waals surface area contributed by atoms with Crippen molar-refractivity contribution < 1.29 is 9.90 Å². The van der Waals surface area contributed by atoms with Gasteiger partial charge in [0.25, 0.3) is 0 Å². The first-order valence-electron chi connectivity index (χ1n) is 7.09. The average Bonchev–Trinajstić information content (AvgIpc) is 2.46. The van der Waals surface area contributed by atoms with Gasteiger partial charge in [-0.2, -0.15) is 0 Å². The molecule has 0 unspecified atom stereocenters. The van der Waals surface area contributed by atoms with E-state index in [0.29, 0.717) is 22.3 Å². The van der Waals surface area contributed by atoms with Crippen LogP contribution < -0.4 is 5.32 Å². The lowest BCUT2D eigenvalue weighted by atomic mass is 10.1. The number of hydrogen-bond acceptors (Lipinski definition) is 3. The molecular formula is C16H20N2O2. The highest BCUT2D eigenvalue weighted by atomic mass is 16.4. The number of nitrogens with zero attached hydrogens (tertiary/aromatic N) is 1. The molecule has 1 heterocycles. The third kappa shape index (κ3) is 3.47. The summed E-state index contributed by atoms with van der Waals surface area (Å²) >= 11 is 0. The van der Waals surface area contributed by atoms with Crippen LogP contribution in [0.1, 0.15) is 43.0 Å². The largest absolute Gasteiger partial charge is 0.478 e. The third-order valence-corrected chi connectivity index (χ3v) is 3.28. The minimum absolute atomic E-state index is 0.298. The summed E-state index contributed by atoms with van der Waals surface area (Å²) in [4.78, 5) is 15.8. The van der Waals surface area contributed by atoms with Crippen LogP contribution in [0.5, 0.6) is 0 Å². The summed E-state index contributed by atoms with van der Waals surface area (Å²) in [6.07, 6.45) is 4.69. The number of pyridine rings is 1. The molecular weight excluding hydrogens is 252 g/mol. The van der Waals surface area contributed by atoms with E-state index < -0.39 is 5.97 Å². The highest BCUT2D eigenvalue weighted by Gasteiger charge is 2.11. The van der Waals surface area contributed by atoms with Crippen LogP contribution in [0, 0.1) is 0 Å². The Balaban J connectivity index is 2.15. The van der Waals surface area contributed by atoms with Gasteiger partial charge in [0.15, 0.2) is 0 Å². The fourth-order valence-electron chi connectivity index (χ4n) is 2.21. The van der Waals surface area contributed by atoms with Crippen LogP contribution in [0.25, 0.3) is 10.9 Å². The van der Waals surface area contributed by atoms with Crippen molar-refractivity contribution in [2.75, 3.05) is 11.9 Å². The maximum atomic E-state index is 11.3. The lowest BCUT2D eigenvalue weighted by Gasteiger charge is -2.09. The molecule has 0 spiro atoms. The highest BCUT2D eigenvalue weighted by Crippen LogP contribution is 2.20. The summed E-state index contributed by atoms with van der Waals surface area (Å²) in [5, 5.41) is 13.2. The summed E-state index contributed by atoms with van der Waals surface area (Å²) in [5.41, 5.74) is 1.01. The van der Waals surface area contributed by atoms with Gasteiger partial charge >= 0.3 is 5.97 Å². The second kappa shape index (κ2) is 6.89. The van der Waals surface area contributed by atoms with Crippen LogP contribution in [0.3, 0.4) is 0 Å². The van der Waals surface area contributed by atoms with E-state index in [9.17, 15) is 9.90 Å². The predicted molar refractivity (Wildman–Crippen MR) is 81.3 cm³/mol. The number of hydrogen-bond donors (Lipinski definition) is 2. The van der Waals surface area contributed by atoms with Crippen LogP contribution in [-0.2, 0) is 0 Å². The van der Waals surface area contributed by atoms with Gasteiger partial charge < -0.3 is 10.4 Å². The van der Waals surface area contributed by atoms with Gasteiger partial charge in [0.2, 0.25) is 0 Å². The first-order valence-corrected chi connectivity index (χ1v) is 7.09. The number of anilines is 1. The van der Waals surface area contributed by atoms with Crippen molar-refractivity contribution in [2.45, 2.75) is 32.6 Å². The van der Waals surface area contributed by atoms with Crippen molar-refractivity contribution >= 4 is 22.7 Å². The number of carbonyl (C=O) groups is 1. The van der Waals surface area contributed by atoms with E-state index in [4.69, 9.17) is 0 Å². The molecule has 0 amide bonds. The Morgan fingerprint density at radius 3 is 2.80 bits per heavy atom. The lowest BCUT2D eigenvalue weighted by molar-refractivity contribution is 0.0699. The number of benzene rings is 1. The molecule has 0 aliphatic carbocycles. The molecule has 1 aromatic heterocycles. The summed E-state index contributed by atoms with van der Waals surface area (Å²) in [5.74, 6) is -0.282. The fraction of sp³-hybridized carbons (Fsp3) is 0.375. The number of rotatable bonds is 7. The van der Waals surface area contributed by atoms with Gasteiger partial charge in [0.05, 0.1) is 11.1 Å². The molecule has 1 aromatic carbocycles. The number of para-hydroxylation sites is 1. The fourth-order valence-corrected chi connectivity index (χ4v) is 2.21. The molecule has 2 N–H and O–H groups in total. The van der Waals surface area contributed by atoms with Crippen LogP contribution in [0.15, 0.2) is 30.3 Å². The third-order valence-electron chi connectivity index (χ3n) is 3.28. The molecule has 0 atom stereocenters. The summed E-state index contributed by atoms with van der Waals surface area (Å²) in [6, 6.07) is 8.94. The Labute approximate surface area is 118 Å². The maximum absolute atomic E-state index is 11.3. The van der Waals surface area contributed by atoms with Crippen molar-refractivity contribution in [3.63, 3.8) is 0 Å². The van der Waals surface area contributed by atoms with Gasteiger partial charge in [-0.3, -0.25) is 0 Å². The number of aromatic carboxylic acids is 1. The standard InChI is InChI=1S/C16H20N2O2/c1-2-3-4-7-10-17-15-11-13(16(19)20)12-8-5-6-9-14(12)18-15/h5-6,8-9,11H,2-4,7,10H2,1H3,(H,17,18)(H,19,20). The van der Waals surface area contributed by atoms with Crippen LogP contribution >= 0.6 is 0 Å². The van der Waals surface area contributed by atoms with Crippen molar-refractivity contribution in [3.05, 3.63) is 35.9 Å². The summed E-state index contributed by atoms with van der Waals surface area (Å²) < 4.78 is 0. The van der Waals surface area contributed by atoms with Crippen molar-refractivity contribution in [2.24, 2.45) is 0 Å². The van der Waals surface area contributed by atoms with E-state index in [1.807, 2.05) is 18.2 Å². The summed E-state index contributed by atoms with van der Waals surface area (Å²) in [6.45, 7) is 3.00. The second-order valence-electron chi connectivity index (χ2n) is 4.86. The van der Waals surface area contributed by atoms with E-state index >= 15 is 0 Å². The van der Waals surface area contributed by atoms with Crippen LogP contribution in [0.4, 0.5) is 5.82 Å². The van der Waals surface area contributed by atoms with Gasteiger partial charge in [-0.05, 0) is 18.6 Å². The zero-order chi connectivity index (χ0) is 14.4. The SMILES string of the molecule is CCCCCCNc1cc(C(=O)O)c2ccccc2n1. The number of carboxylic acid groups (broad SMARTS) is 1. The minimum atomic E-state index is -0.919. The Morgan fingerprint density at radius 2 is 2.05 bits per heavy atom. The Morgan fingerprint density at radius 1 is 1.25 bits per heavy atom. The number of fused-ring (bicyclic) bond motifs is 1. The van der Waals surface area contributed by atoms with Crippen molar-refractivity contribution in [1.82, 2.24) is 4.98 Å². The average molecular weight is 272 g/mol. The highest BCUT2D eigenvalue weighted by molar-refractivity contribution is 6.03. The van der Waals surface area contributed by atoms with Gasteiger partial charge in [-0.25, -0.2) is 9.78 Å². The molecule has 0 bridgehead atoms. The molecule has 0 fully saturated rings. The molecule has 0 radical (unpaired) electrons. The second-order valence-corrected chi connectivity index (χ2v) is 4.86. The number of aromatic nitrogens is 1. The van der Waals surface area contributed by atoms with Crippen LogP contribution in [-0.4, -0.2) is 22.6 Å². The molecule has 4 heteroatoms. The molecule has 2 aromatic rings. The number of unbranched alkanes of at least 4 members (excludes halogenated alkanes) is 3. The van der Waals surface area contributed by atoms with Crippen molar-refractivity contribution in [1.29, 1.82) is 0 Å².